The van der Waals surface area contributed by atoms with E-state index in [0.29, 0.717) is 23.5 Å². The Morgan fingerprint density at radius 2 is 2.04 bits per heavy atom. The fraction of sp³-hybridized carbons (Fsp3) is 0.474. The van der Waals surface area contributed by atoms with Gasteiger partial charge in [-0.15, -0.1) is 0 Å². The maximum Gasteiger partial charge on any atom is 0.375 e. The zero-order chi connectivity index (χ0) is 18.4. The Bertz CT molecular complexity index is 750. The fourth-order valence-electron chi connectivity index (χ4n) is 2.67. The summed E-state index contributed by atoms with van der Waals surface area (Å²) in [6.07, 6.45) is 1.85. The number of carbonyl (C=O) groups is 2. The molecule has 0 aliphatic heterocycles. The number of hydrogen-bond donors (Lipinski definition) is 1. The Kier molecular flexibility index (Phi) is 6.44. The van der Waals surface area contributed by atoms with Crippen LogP contribution in [-0.2, 0) is 9.53 Å². The quantitative estimate of drug-likeness (QED) is 0.738. The molecule has 1 atom stereocenters. The summed E-state index contributed by atoms with van der Waals surface area (Å²) >= 11 is 0. The second kappa shape index (κ2) is 8.55. The molecule has 2 rings (SSSR count). The van der Waals surface area contributed by atoms with Crippen molar-refractivity contribution in [3.8, 4) is 5.75 Å². The van der Waals surface area contributed by atoms with Gasteiger partial charge in [-0.3, -0.25) is 4.79 Å². The first-order valence-corrected chi connectivity index (χ1v) is 8.58. The van der Waals surface area contributed by atoms with Crippen molar-refractivity contribution in [3.63, 3.8) is 0 Å². The van der Waals surface area contributed by atoms with E-state index in [1.165, 1.54) is 0 Å². The van der Waals surface area contributed by atoms with Gasteiger partial charge in [0.1, 0.15) is 11.3 Å². The van der Waals surface area contributed by atoms with Crippen LogP contribution in [0.3, 0.4) is 0 Å². The smallest absolute Gasteiger partial charge is 0.375 e. The predicted molar refractivity (Wildman–Crippen MR) is 94.9 cm³/mol. The Labute approximate surface area is 147 Å². The predicted octanol–water partition coefficient (Wildman–Crippen LogP) is 3.60. The highest BCUT2D eigenvalue weighted by molar-refractivity contribution is 5.97. The zero-order valence-corrected chi connectivity index (χ0v) is 15.2. The van der Waals surface area contributed by atoms with Gasteiger partial charge >= 0.3 is 5.97 Å². The van der Waals surface area contributed by atoms with Gasteiger partial charge in [-0.05, 0) is 45.4 Å². The van der Waals surface area contributed by atoms with Crippen molar-refractivity contribution in [3.05, 3.63) is 29.5 Å². The van der Waals surface area contributed by atoms with E-state index in [9.17, 15) is 9.59 Å². The topological polar surface area (TPSA) is 77.8 Å². The Balaban J connectivity index is 2.04. The van der Waals surface area contributed by atoms with Crippen LogP contribution in [0.15, 0.2) is 22.6 Å². The molecule has 2 aromatic rings. The van der Waals surface area contributed by atoms with Gasteiger partial charge in [-0.2, -0.15) is 0 Å². The molecule has 0 spiro atoms. The van der Waals surface area contributed by atoms with Crippen LogP contribution in [0.4, 0.5) is 0 Å². The van der Waals surface area contributed by atoms with Gasteiger partial charge in [0.05, 0.1) is 6.61 Å². The van der Waals surface area contributed by atoms with Crippen LogP contribution < -0.4 is 10.1 Å². The molecule has 0 unspecified atom stereocenters. The van der Waals surface area contributed by atoms with Gasteiger partial charge in [-0.25, -0.2) is 4.79 Å². The van der Waals surface area contributed by atoms with Gasteiger partial charge in [0, 0.05) is 17.0 Å². The fourth-order valence-corrected chi connectivity index (χ4v) is 2.67. The molecule has 0 aliphatic carbocycles. The summed E-state index contributed by atoms with van der Waals surface area (Å²) in [7, 11) is 0. The molecule has 1 N–H and O–H groups in total. The van der Waals surface area contributed by atoms with Gasteiger partial charge in [-0.1, -0.05) is 13.3 Å². The van der Waals surface area contributed by atoms with E-state index in [2.05, 4.69) is 5.32 Å². The molecule has 0 radical (unpaired) electrons. The highest BCUT2D eigenvalue weighted by atomic mass is 16.5. The van der Waals surface area contributed by atoms with Crippen molar-refractivity contribution in [1.82, 2.24) is 5.32 Å². The van der Waals surface area contributed by atoms with Crippen LogP contribution in [0.2, 0.25) is 0 Å². The van der Waals surface area contributed by atoms with Crippen LogP contribution in [0.5, 0.6) is 5.75 Å². The van der Waals surface area contributed by atoms with E-state index in [0.717, 1.165) is 18.2 Å². The zero-order valence-electron chi connectivity index (χ0n) is 15.2. The molecule has 0 fully saturated rings. The highest BCUT2D eigenvalue weighted by Crippen LogP contribution is 2.29. The normalized spacial score (nSPS) is 12.0. The number of carbonyl (C=O) groups excluding carboxylic acids is 2. The lowest BCUT2D eigenvalue weighted by Crippen LogP contribution is -2.35. The summed E-state index contributed by atoms with van der Waals surface area (Å²) in [5, 5.41) is 3.58. The number of amides is 1. The van der Waals surface area contributed by atoms with Crippen molar-refractivity contribution in [1.29, 1.82) is 0 Å². The van der Waals surface area contributed by atoms with E-state index in [-0.39, 0.29) is 24.3 Å². The van der Waals surface area contributed by atoms with E-state index in [1.807, 2.05) is 26.8 Å². The average Bonchev–Trinajstić information content (AvgIpc) is 2.90. The largest absolute Gasteiger partial charge is 0.494 e. The third kappa shape index (κ3) is 4.75. The lowest BCUT2D eigenvalue weighted by Gasteiger charge is -2.12. The molecule has 1 amide bonds. The molecule has 1 heterocycles. The number of ether oxygens (including phenoxy) is 2. The van der Waals surface area contributed by atoms with Gasteiger partial charge in [0.2, 0.25) is 5.76 Å². The van der Waals surface area contributed by atoms with Crippen LogP contribution in [0, 0.1) is 6.92 Å². The van der Waals surface area contributed by atoms with E-state index in [4.69, 9.17) is 13.9 Å². The van der Waals surface area contributed by atoms with Crippen molar-refractivity contribution < 1.29 is 23.5 Å². The second-order valence-electron chi connectivity index (χ2n) is 5.98. The van der Waals surface area contributed by atoms with Crippen LogP contribution >= 0.6 is 0 Å². The molecule has 6 heteroatoms. The third-order valence-corrected chi connectivity index (χ3v) is 3.87. The number of benzene rings is 1. The van der Waals surface area contributed by atoms with Gasteiger partial charge < -0.3 is 19.2 Å². The minimum Gasteiger partial charge on any atom is -0.494 e. The minimum absolute atomic E-state index is 0.0566. The van der Waals surface area contributed by atoms with Crippen LogP contribution in [0.1, 0.15) is 49.7 Å². The van der Waals surface area contributed by atoms with Gasteiger partial charge in [0.15, 0.2) is 6.61 Å². The summed E-state index contributed by atoms with van der Waals surface area (Å²) in [5.74, 6) is -0.146. The number of fused-ring (bicyclic) bond motifs is 1. The molecule has 25 heavy (non-hydrogen) atoms. The average molecular weight is 347 g/mol. The monoisotopic (exact) mass is 347 g/mol. The molecule has 0 saturated heterocycles. The van der Waals surface area contributed by atoms with Crippen molar-refractivity contribution in [2.24, 2.45) is 0 Å². The van der Waals surface area contributed by atoms with Crippen LogP contribution in [0.25, 0.3) is 11.0 Å². The third-order valence-electron chi connectivity index (χ3n) is 3.87. The first-order chi connectivity index (χ1) is 12.0. The number of rotatable bonds is 8. The lowest BCUT2D eigenvalue weighted by atomic mass is 10.1. The molecule has 1 aromatic carbocycles. The van der Waals surface area contributed by atoms with Crippen molar-refractivity contribution in [2.45, 2.75) is 46.6 Å². The molecule has 0 aliphatic rings. The maximum absolute atomic E-state index is 12.2. The molecular weight excluding hydrogens is 322 g/mol. The standard InChI is InChI=1S/C19H25NO5/c1-5-7-12(3)20-17(21)11-24-19(22)18-13(4)15-10-14(23-6-2)8-9-16(15)25-18/h8-10,12H,5-7,11H2,1-4H3,(H,20,21)/t12-/m1/s1. The maximum atomic E-state index is 12.2. The summed E-state index contributed by atoms with van der Waals surface area (Å²) in [5.41, 5.74) is 1.25. The van der Waals surface area contributed by atoms with E-state index >= 15 is 0 Å². The Morgan fingerprint density at radius 1 is 1.28 bits per heavy atom. The molecule has 0 saturated carbocycles. The lowest BCUT2D eigenvalue weighted by molar-refractivity contribution is -0.124. The highest BCUT2D eigenvalue weighted by Gasteiger charge is 2.20. The van der Waals surface area contributed by atoms with E-state index in [1.54, 1.807) is 19.1 Å². The molecule has 6 nitrogen and oxygen atoms in total. The number of furan rings is 1. The number of esters is 1. The summed E-state index contributed by atoms with van der Waals surface area (Å²) in [6, 6.07) is 5.42. The SMILES string of the molecule is CCC[C@@H](C)NC(=O)COC(=O)c1oc2ccc(OCC)cc2c1C. The van der Waals surface area contributed by atoms with E-state index < -0.39 is 5.97 Å². The molecular formula is C19H25NO5. The minimum atomic E-state index is -0.648. The molecule has 1 aromatic heterocycles. The summed E-state index contributed by atoms with van der Waals surface area (Å²) in [4.78, 5) is 24.0. The molecule has 0 bridgehead atoms. The number of nitrogens with one attached hydrogen (secondary N) is 1. The number of hydrogen-bond acceptors (Lipinski definition) is 5. The first-order valence-electron chi connectivity index (χ1n) is 8.58. The summed E-state index contributed by atoms with van der Waals surface area (Å²) in [6.45, 7) is 7.88. The first kappa shape index (κ1) is 18.8. The Morgan fingerprint density at radius 3 is 2.72 bits per heavy atom. The molecule has 136 valence electrons. The Hall–Kier alpha value is -2.50. The van der Waals surface area contributed by atoms with Gasteiger partial charge in [0.25, 0.3) is 5.91 Å². The second-order valence-corrected chi connectivity index (χ2v) is 5.98. The van der Waals surface area contributed by atoms with Crippen molar-refractivity contribution in [2.75, 3.05) is 13.2 Å². The van der Waals surface area contributed by atoms with Crippen LogP contribution in [-0.4, -0.2) is 31.1 Å². The number of aryl methyl sites for hydroxylation is 1. The van der Waals surface area contributed by atoms with Crippen molar-refractivity contribution >= 4 is 22.8 Å². The summed E-state index contributed by atoms with van der Waals surface area (Å²) < 4.78 is 16.1.